The Hall–Kier alpha value is -3.28. The molecule has 0 saturated heterocycles. The number of methoxy groups -OCH3 is 2. The molecule has 3 rings (SSSR count). The molecule has 6 nitrogen and oxygen atoms in total. The molecule has 134 valence electrons. The molecule has 26 heavy (non-hydrogen) atoms. The first kappa shape index (κ1) is 17.5. The zero-order chi connectivity index (χ0) is 18.7. The third-order valence-electron chi connectivity index (χ3n) is 4.24. The van der Waals surface area contributed by atoms with E-state index in [0.717, 1.165) is 5.56 Å². The number of benzene rings is 2. The van der Waals surface area contributed by atoms with Gasteiger partial charge >= 0.3 is 5.97 Å². The third kappa shape index (κ3) is 3.39. The highest BCUT2D eigenvalue weighted by atomic mass is 16.5. The van der Waals surface area contributed by atoms with Gasteiger partial charge in [-0.05, 0) is 29.8 Å². The second-order valence-corrected chi connectivity index (χ2v) is 5.88. The summed E-state index contributed by atoms with van der Waals surface area (Å²) in [7, 11) is 3.10. The number of rotatable bonds is 6. The molecule has 3 aromatic rings. The lowest BCUT2D eigenvalue weighted by Crippen LogP contribution is -2.18. The van der Waals surface area contributed by atoms with Crippen molar-refractivity contribution in [2.24, 2.45) is 0 Å². The first-order chi connectivity index (χ1) is 12.5. The van der Waals surface area contributed by atoms with E-state index in [1.807, 2.05) is 24.3 Å². The van der Waals surface area contributed by atoms with Crippen LogP contribution < -0.4 is 14.9 Å². The molecule has 1 aromatic heterocycles. The van der Waals surface area contributed by atoms with E-state index in [1.54, 1.807) is 36.1 Å². The first-order valence-electron chi connectivity index (χ1n) is 8.07. The molecule has 0 aliphatic heterocycles. The molecule has 0 saturated carbocycles. The van der Waals surface area contributed by atoms with Gasteiger partial charge in [-0.3, -0.25) is 9.59 Å². The second-order valence-electron chi connectivity index (χ2n) is 5.88. The van der Waals surface area contributed by atoms with Gasteiger partial charge in [-0.25, -0.2) is 0 Å². The van der Waals surface area contributed by atoms with Crippen LogP contribution in [0.4, 0.5) is 0 Å². The molecule has 0 atom stereocenters. The third-order valence-corrected chi connectivity index (χ3v) is 4.24. The molecule has 0 bridgehead atoms. The normalized spacial score (nSPS) is 10.7. The van der Waals surface area contributed by atoms with Crippen LogP contribution in [0.25, 0.3) is 10.9 Å². The van der Waals surface area contributed by atoms with E-state index in [0.29, 0.717) is 34.4 Å². The standard InChI is InChI=1S/C20H19NO5/c1-25-15-7-8-17-16(10-15)20(24)14(11-21(17)12-19(22)23)9-13-5-3-4-6-18(13)26-2/h3-8,10-11H,9,12H2,1-2H3,(H,22,23). The number of hydrogen-bond acceptors (Lipinski definition) is 4. The largest absolute Gasteiger partial charge is 0.497 e. The number of para-hydroxylation sites is 1. The summed E-state index contributed by atoms with van der Waals surface area (Å²) in [5, 5.41) is 9.64. The Balaban J connectivity index is 2.19. The predicted octanol–water partition coefficient (Wildman–Crippen LogP) is 2.69. The van der Waals surface area contributed by atoms with Crippen molar-refractivity contribution in [3.05, 3.63) is 70.0 Å². The van der Waals surface area contributed by atoms with E-state index in [4.69, 9.17) is 9.47 Å². The second kappa shape index (κ2) is 7.31. The van der Waals surface area contributed by atoms with Gasteiger partial charge in [0.2, 0.25) is 0 Å². The molecule has 0 amide bonds. The number of fused-ring (bicyclic) bond motifs is 1. The zero-order valence-corrected chi connectivity index (χ0v) is 14.6. The lowest BCUT2D eigenvalue weighted by Gasteiger charge is -2.14. The van der Waals surface area contributed by atoms with E-state index >= 15 is 0 Å². The summed E-state index contributed by atoms with van der Waals surface area (Å²) in [5.74, 6) is 0.252. The Bertz CT molecular complexity index is 1020. The summed E-state index contributed by atoms with van der Waals surface area (Å²) in [6.07, 6.45) is 1.95. The summed E-state index contributed by atoms with van der Waals surface area (Å²) in [4.78, 5) is 24.2. The fraction of sp³-hybridized carbons (Fsp3) is 0.200. The topological polar surface area (TPSA) is 77.8 Å². The Morgan fingerprint density at radius 3 is 2.54 bits per heavy atom. The summed E-state index contributed by atoms with van der Waals surface area (Å²) < 4.78 is 12.1. The van der Waals surface area contributed by atoms with Gasteiger partial charge in [-0.2, -0.15) is 0 Å². The highest BCUT2D eigenvalue weighted by Crippen LogP contribution is 2.23. The average molecular weight is 353 g/mol. The van der Waals surface area contributed by atoms with Crippen LogP contribution in [0.1, 0.15) is 11.1 Å². The fourth-order valence-electron chi connectivity index (χ4n) is 3.02. The summed E-state index contributed by atoms with van der Waals surface area (Å²) >= 11 is 0. The molecule has 1 N–H and O–H groups in total. The molecule has 0 aliphatic rings. The number of aromatic nitrogens is 1. The molecule has 1 heterocycles. The van der Waals surface area contributed by atoms with Gasteiger partial charge in [0.25, 0.3) is 0 Å². The van der Waals surface area contributed by atoms with Gasteiger partial charge in [-0.1, -0.05) is 18.2 Å². The van der Waals surface area contributed by atoms with Crippen molar-refractivity contribution in [3.8, 4) is 11.5 Å². The fourth-order valence-corrected chi connectivity index (χ4v) is 3.02. The Kier molecular flexibility index (Phi) is 4.93. The zero-order valence-electron chi connectivity index (χ0n) is 14.6. The Morgan fingerprint density at radius 2 is 1.85 bits per heavy atom. The van der Waals surface area contributed by atoms with E-state index in [-0.39, 0.29) is 12.0 Å². The molecule has 0 aliphatic carbocycles. The van der Waals surface area contributed by atoms with Crippen molar-refractivity contribution in [1.29, 1.82) is 0 Å². The van der Waals surface area contributed by atoms with Gasteiger partial charge in [0.05, 0.1) is 19.7 Å². The maximum absolute atomic E-state index is 13.0. The van der Waals surface area contributed by atoms with E-state index in [2.05, 4.69) is 0 Å². The van der Waals surface area contributed by atoms with Crippen LogP contribution in [0.5, 0.6) is 11.5 Å². The van der Waals surface area contributed by atoms with Crippen molar-refractivity contribution < 1.29 is 19.4 Å². The minimum absolute atomic E-state index is 0.147. The molecule has 0 radical (unpaired) electrons. The molecule has 0 spiro atoms. The van der Waals surface area contributed by atoms with Crippen LogP contribution in [0, 0.1) is 0 Å². The molecule has 0 unspecified atom stereocenters. The van der Waals surface area contributed by atoms with E-state index in [1.165, 1.54) is 7.11 Å². The number of nitrogens with zero attached hydrogens (tertiary/aromatic N) is 1. The van der Waals surface area contributed by atoms with Crippen molar-refractivity contribution >= 4 is 16.9 Å². The first-order valence-corrected chi connectivity index (χ1v) is 8.07. The van der Waals surface area contributed by atoms with Crippen LogP contribution in [0.15, 0.2) is 53.5 Å². The van der Waals surface area contributed by atoms with Gasteiger partial charge in [-0.15, -0.1) is 0 Å². The van der Waals surface area contributed by atoms with Gasteiger partial charge in [0.15, 0.2) is 5.43 Å². The number of aliphatic carboxylic acids is 1. The lowest BCUT2D eigenvalue weighted by molar-refractivity contribution is -0.137. The van der Waals surface area contributed by atoms with Crippen LogP contribution in [0.2, 0.25) is 0 Å². The number of carboxylic acid groups (broad SMARTS) is 1. The Labute approximate surface area is 150 Å². The van der Waals surface area contributed by atoms with Gasteiger partial charge in [0.1, 0.15) is 18.0 Å². The molecule has 2 aromatic carbocycles. The maximum atomic E-state index is 13.0. The minimum atomic E-state index is -0.978. The molecule has 0 fully saturated rings. The van der Waals surface area contributed by atoms with Crippen molar-refractivity contribution in [1.82, 2.24) is 4.57 Å². The number of carboxylic acids is 1. The molecule has 6 heteroatoms. The summed E-state index contributed by atoms with van der Waals surface area (Å²) in [6, 6.07) is 12.5. The van der Waals surface area contributed by atoms with Crippen LogP contribution in [0.3, 0.4) is 0 Å². The predicted molar refractivity (Wildman–Crippen MR) is 98.2 cm³/mol. The quantitative estimate of drug-likeness (QED) is 0.737. The van der Waals surface area contributed by atoms with Gasteiger partial charge < -0.3 is 19.1 Å². The number of carbonyl (C=O) groups is 1. The number of ether oxygens (including phenoxy) is 2. The number of pyridine rings is 1. The lowest BCUT2D eigenvalue weighted by atomic mass is 10.0. The smallest absolute Gasteiger partial charge is 0.323 e. The van der Waals surface area contributed by atoms with Crippen LogP contribution >= 0.6 is 0 Å². The summed E-state index contributed by atoms with van der Waals surface area (Å²) in [6.45, 7) is -0.234. The SMILES string of the molecule is COc1ccc2c(c1)c(=O)c(Cc1ccccc1OC)cn2CC(=O)O. The van der Waals surface area contributed by atoms with Crippen molar-refractivity contribution in [3.63, 3.8) is 0 Å². The van der Waals surface area contributed by atoms with Crippen molar-refractivity contribution in [2.75, 3.05) is 14.2 Å². The van der Waals surface area contributed by atoms with Crippen molar-refractivity contribution in [2.45, 2.75) is 13.0 Å². The highest BCUT2D eigenvalue weighted by molar-refractivity contribution is 5.82. The van der Waals surface area contributed by atoms with Crippen LogP contribution in [-0.2, 0) is 17.8 Å². The monoisotopic (exact) mass is 353 g/mol. The maximum Gasteiger partial charge on any atom is 0.323 e. The van der Waals surface area contributed by atoms with Gasteiger partial charge in [0, 0.05) is 23.6 Å². The van der Waals surface area contributed by atoms with Crippen LogP contribution in [-0.4, -0.2) is 29.9 Å². The molecular weight excluding hydrogens is 334 g/mol. The molecular formula is C20H19NO5. The van der Waals surface area contributed by atoms with E-state index in [9.17, 15) is 14.7 Å². The average Bonchev–Trinajstić information content (AvgIpc) is 2.65. The highest BCUT2D eigenvalue weighted by Gasteiger charge is 2.14. The van der Waals surface area contributed by atoms with E-state index < -0.39 is 5.97 Å². The summed E-state index contributed by atoms with van der Waals surface area (Å²) in [5.41, 5.74) is 1.76. The Morgan fingerprint density at radius 1 is 1.08 bits per heavy atom. The minimum Gasteiger partial charge on any atom is -0.497 e. The number of hydrogen-bond donors (Lipinski definition) is 1.